The zero-order valence-electron chi connectivity index (χ0n) is 15.9. The second-order valence-electron chi connectivity index (χ2n) is 7.85. The lowest BCUT2D eigenvalue weighted by Crippen LogP contribution is -2.47. The van der Waals surface area contributed by atoms with Gasteiger partial charge in [0, 0.05) is 44.4 Å². The van der Waals surface area contributed by atoms with Gasteiger partial charge in [-0.25, -0.2) is 0 Å². The molecule has 0 bridgehead atoms. The fourth-order valence-electron chi connectivity index (χ4n) is 4.22. The molecule has 1 aliphatic carbocycles. The Morgan fingerprint density at radius 1 is 1.27 bits per heavy atom. The van der Waals surface area contributed by atoms with Gasteiger partial charge in [0.15, 0.2) is 0 Å². The van der Waals surface area contributed by atoms with Crippen LogP contribution in [-0.4, -0.2) is 41.3 Å². The van der Waals surface area contributed by atoms with Crippen LogP contribution in [0.1, 0.15) is 56.2 Å². The van der Waals surface area contributed by atoms with Crippen LogP contribution in [0.25, 0.3) is 0 Å². The van der Waals surface area contributed by atoms with Crippen LogP contribution in [0.5, 0.6) is 0 Å². The van der Waals surface area contributed by atoms with E-state index in [9.17, 15) is 9.59 Å². The van der Waals surface area contributed by atoms with E-state index in [2.05, 4.69) is 10.3 Å². The summed E-state index contributed by atoms with van der Waals surface area (Å²) in [5, 5.41) is 3.05. The van der Waals surface area contributed by atoms with Crippen LogP contribution in [0.3, 0.4) is 0 Å². The molecule has 3 rings (SSSR count). The van der Waals surface area contributed by atoms with Crippen LogP contribution in [0, 0.1) is 18.8 Å². The SMILES string of the molecule is Cc1cccnc1CCNC(=O)C1CCC(=O)N(CC2CCCCC2)C1. The van der Waals surface area contributed by atoms with E-state index < -0.39 is 0 Å². The summed E-state index contributed by atoms with van der Waals surface area (Å²) in [7, 11) is 0. The van der Waals surface area contributed by atoms with Gasteiger partial charge < -0.3 is 10.2 Å². The van der Waals surface area contributed by atoms with Crippen molar-refractivity contribution < 1.29 is 9.59 Å². The number of piperidine rings is 1. The molecule has 1 aromatic heterocycles. The predicted molar refractivity (Wildman–Crippen MR) is 102 cm³/mol. The summed E-state index contributed by atoms with van der Waals surface area (Å²) in [6.07, 6.45) is 10.1. The summed E-state index contributed by atoms with van der Waals surface area (Å²) in [6.45, 7) is 4.07. The minimum atomic E-state index is -0.0684. The minimum absolute atomic E-state index is 0.0684. The van der Waals surface area contributed by atoms with Gasteiger partial charge in [0.1, 0.15) is 0 Å². The smallest absolute Gasteiger partial charge is 0.224 e. The molecule has 1 aromatic rings. The molecular weight excluding hydrogens is 326 g/mol. The number of nitrogens with one attached hydrogen (secondary N) is 1. The lowest BCUT2D eigenvalue weighted by atomic mass is 9.87. The average molecular weight is 357 g/mol. The molecule has 26 heavy (non-hydrogen) atoms. The van der Waals surface area contributed by atoms with E-state index in [1.165, 1.54) is 32.1 Å². The lowest BCUT2D eigenvalue weighted by molar-refractivity contribution is -0.139. The van der Waals surface area contributed by atoms with Crippen LogP contribution >= 0.6 is 0 Å². The first-order valence-electron chi connectivity index (χ1n) is 10.1. The second kappa shape index (κ2) is 9.15. The lowest BCUT2D eigenvalue weighted by Gasteiger charge is -2.35. The topological polar surface area (TPSA) is 62.3 Å². The average Bonchev–Trinajstić information content (AvgIpc) is 2.66. The third-order valence-corrected chi connectivity index (χ3v) is 5.85. The number of likely N-dealkylation sites (tertiary alicyclic amines) is 1. The molecule has 1 atom stereocenters. The Morgan fingerprint density at radius 2 is 2.08 bits per heavy atom. The van der Waals surface area contributed by atoms with Crippen LogP contribution in [-0.2, 0) is 16.0 Å². The Bertz CT molecular complexity index is 625. The first kappa shape index (κ1) is 18.9. The molecule has 1 saturated carbocycles. The van der Waals surface area contributed by atoms with Gasteiger partial charge >= 0.3 is 0 Å². The fraction of sp³-hybridized carbons (Fsp3) is 0.667. The van der Waals surface area contributed by atoms with Crippen LogP contribution < -0.4 is 5.32 Å². The Balaban J connectivity index is 1.46. The van der Waals surface area contributed by atoms with E-state index in [0.29, 0.717) is 31.8 Å². The molecule has 2 heterocycles. The number of hydrogen-bond acceptors (Lipinski definition) is 3. The van der Waals surface area contributed by atoms with Crippen molar-refractivity contribution in [2.45, 2.75) is 58.3 Å². The van der Waals surface area contributed by atoms with Crippen LogP contribution in [0.15, 0.2) is 18.3 Å². The molecule has 5 heteroatoms. The Hall–Kier alpha value is -1.91. The van der Waals surface area contributed by atoms with Crippen molar-refractivity contribution in [3.63, 3.8) is 0 Å². The molecule has 1 saturated heterocycles. The first-order chi connectivity index (χ1) is 12.6. The highest BCUT2D eigenvalue weighted by atomic mass is 16.2. The number of aryl methyl sites for hydroxylation is 1. The van der Waals surface area contributed by atoms with E-state index >= 15 is 0 Å². The van der Waals surface area contributed by atoms with Gasteiger partial charge in [-0.2, -0.15) is 0 Å². The van der Waals surface area contributed by atoms with Crippen LogP contribution in [0.2, 0.25) is 0 Å². The van der Waals surface area contributed by atoms with E-state index in [1.54, 1.807) is 6.20 Å². The molecule has 0 aromatic carbocycles. The van der Waals surface area contributed by atoms with Gasteiger partial charge in [0.25, 0.3) is 0 Å². The second-order valence-corrected chi connectivity index (χ2v) is 7.85. The summed E-state index contributed by atoms with van der Waals surface area (Å²) < 4.78 is 0. The zero-order valence-corrected chi connectivity index (χ0v) is 15.9. The van der Waals surface area contributed by atoms with Gasteiger partial charge in [-0.15, -0.1) is 0 Å². The van der Waals surface area contributed by atoms with Crippen molar-refractivity contribution in [3.05, 3.63) is 29.6 Å². The Labute approximate surface area is 156 Å². The highest BCUT2D eigenvalue weighted by Crippen LogP contribution is 2.27. The number of hydrogen-bond donors (Lipinski definition) is 1. The number of pyridine rings is 1. The van der Waals surface area contributed by atoms with E-state index in [4.69, 9.17) is 0 Å². The molecule has 142 valence electrons. The van der Waals surface area contributed by atoms with E-state index in [1.807, 2.05) is 24.0 Å². The molecule has 1 N–H and O–H groups in total. The van der Waals surface area contributed by atoms with Crippen molar-refractivity contribution in [2.24, 2.45) is 11.8 Å². The summed E-state index contributed by atoms with van der Waals surface area (Å²) in [5.41, 5.74) is 2.19. The molecule has 0 spiro atoms. The maximum absolute atomic E-state index is 12.5. The normalized spacial score (nSPS) is 21.7. The third-order valence-electron chi connectivity index (χ3n) is 5.85. The summed E-state index contributed by atoms with van der Waals surface area (Å²) in [4.78, 5) is 31.1. The van der Waals surface area contributed by atoms with Crippen molar-refractivity contribution >= 4 is 11.8 Å². The molecule has 5 nitrogen and oxygen atoms in total. The molecule has 1 aliphatic heterocycles. The highest BCUT2D eigenvalue weighted by Gasteiger charge is 2.31. The van der Waals surface area contributed by atoms with E-state index in [0.717, 1.165) is 24.2 Å². The summed E-state index contributed by atoms with van der Waals surface area (Å²) in [6, 6.07) is 3.97. The minimum Gasteiger partial charge on any atom is -0.355 e. The number of amides is 2. The van der Waals surface area contributed by atoms with Crippen molar-refractivity contribution in [1.29, 1.82) is 0 Å². The molecule has 2 amide bonds. The molecule has 2 aliphatic rings. The number of carbonyl (C=O) groups excluding carboxylic acids is 2. The van der Waals surface area contributed by atoms with E-state index in [-0.39, 0.29) is 17.7 Å². The molecular formula is C21H31N3O2. The van der Waals surface area contributed by atoms with Crippen molar-refractivity contribution in [2.75, 3.05) is 19.6 Å². The largest absolute Gasteiger partial charge is 0.355 e. The van der Waals surface area contributed by atoms with Crippen molar-refractivity contribution in [3.8, 4) is 0 Å². The molecule has 0 radical (unpaired) electrons. The third kappa shape index (κ3) is 5.05. The number of carbonyl (C=O) groups is 2. The number of aromatic nitrogens is 1. The highest BCUT2D eigenvalue weighted by molar-refractivity contribution is 5.83. The Kier molecular flexibility index (Phi) is 6.64. The summed E-state index contributed by atoms with van der Waals surface area (Å²) in [5.74, 6) is 0.867. The van der Waals surface area contributed by atoms with Gasteiger partial charge in [-0.1, -0.05) is 25.3 Å². The van der Waals surface area contributed by atoms with Crippen molar-refractivity contribution in [1.82, 2.24) is 15.2 Å². The maximum atomic E-state index is 12.5. The van der Waals surface area contributed by atoms with Crippen LogP contribution in [0.4, 0.5) is 0 Å². The maximum Gasteiger partial charge on any atom is 0.224 e. The number of rotatable bonds is 6. The Morgan fingerprint density at radius 3 is 2.85 bits per heavy atom. The predicted octanol–water partition coefficient (Wildman–Crippen LogP) is 2.87. The first-order valence-corrected chi connectivity index (χ1v) is 10.1. The van der Waals surface area contributed by atoms with Gasteiger partial charge in [-0.05, 0) is 43.7 Å². The standard InChI is InChI=1S/C21H31N3O2/c1-16-6-5-12-22-19(16)11-13-23-21(26)18-9-10-20(25)24(15-18)14-17-7-3-2-4-8-17/h5-6,12,17-18H,2-4,7-11,13-15H2,1H3,(H,23,26). The van der Waals surface area contributed by atoms with Gasteiger partial charge in [0.05, 0.1) is 5.92 Å². The quantitative estimate of drug-likeness (QED) is 0.851. The zero-order chi connectivity index (χ0) is 18.4. The number of nitrogens with zero attached hydrogens (tertiary/aromatic N) is 2. The molecule has 2 fully saturated rings. The molecule has 1 unspecified atom stereocenters. The van der Waals surface area contributed by atoms with Gasteiger partial charge in [-0.3, -0.25) is 14.6 Å². The monoisotopic (exact) mass is 357 g/mol. The van der Waals surface area contributed by atoms with Gasteiger partial charge in [0.2, 0.25) is 11.8 Å². The summed E-state index contributed by atoms with van der Waals surface area (Å²) >= 11 is 0. The fourth-order valence-corrected chi connectivity index (χ4v) is 4.22.